The molecule has 3 rings (SSSR count). The van der Waals surface area contributed by atoms with E-state index >= 15 is 0 Å². The van der Waals surface area contributed by atoms with Crippen molar-refractivity contribution in [2.75, 3.05) is 72.1 Å². The van der Waals surface area contributed by atoms with Crippen LogP contribution < -0.4 is 0 Å². The minimum absolute atomic E-state index is 0.350. The van der Waals surface area contributed by atoms with Gasteiger partial charge in [-0.2, -0.15) is 0 Å². The van der Waals surface area contributed by atoms with Crippen molar-refractivity contribution in [3.05, 3.63) is 5.92 Å². The lowest BCUT2D eigenvalue weighted by Gasteiger charge is -2.38. The van der Waals surface area contributed by atoms with Crippen molar-refractivity contribution in [2.24, 2.45) is 0 Å². The molecule has 3 aliphatic heterocycles. The lowest BCUT2D eigenvalue weighted by molar-refractivity contribution is -0.0694. The summed E-state index contributed by atoms with van der Waals surface area (Å²) in [5.74, 6) is 1.69. The molecule has 3 aliphatic rings. The van der Waals surface area contributed by atoms with Gasteiger partial charge in [0.05, 0.1) is 37.6 Å². The standard InChI is InChI=1S/C22H42N3O3/c1-18-13-24(14-19(2)27-18)7-5-22(17-23-9-11-26-12-10-23)6-8-25-15-20(3)28-21(4)16-25/h18-21H,5-17H2,1-4H3. The normalized spacial score (nSPS) is 34.2. The second-order valence-electron chi connectivity index (χ2n) is 9.17. The van der Waals surface area contributed by atoms with E-state index in [1.54, 1.807) is 5.92 Å². The largest absolute Gasteiger partial charge is 0.379 e. The molecule has 0 amide bonds. The number of rotatable bonds is 8. The van der Waals surface area contributed by atoms with Crippen LogP contribution in [0.1, 0.15) is 40.5 Å². The SMILES string of the molecule is CC1CN(CC[C](CCN2CC(C)OC(C)C2)CN2CCOCC2)CC(C)O1. The van der Waals surface area contributed by atoms with E-state index in [9.17, 15) is 0 Å². The van der Waals surface area contributed by atoms with Crippen LogP contribution in [-0.4, -0.2) is 111 Å². The topological polar surface area (TPSA) is 37.4 Å². The molecule has 28 heavy (non-hydrogen) atoms. The summed E-state index contributed by atoms with van der Waals surface area (Å²) in [6.07, 6.45) is 3.80. The molecule has 0 N–H and O–H groups in total. The van der Waals surface area contributed by atoms with Crippen LogP contribution >= 0.6 is 0 Å². The molecule has 3 saturated heterocycles. The van der Waals surface area contributed by atoms with Crippen LogP contribution in [0.25, 0.3) is 0 Å². The van der Waals surface area contributed by atoms with Gasteiger partial charge < -0.3 is 14.2 Å². The quantitative estimate of drug-likeness (QED) is 0.624. The van der Waals surface area contributed by atoms with Crippen molar-refractivity contribution in [3.63, 3.8) is 0 Å². The lowest BCUT2D eigenvalue weighted by Crippen LogP contribution is -2.47. The van der Waals surface area contributed by atoms with Gasteiger partial charge in [-0.15, -0.1) is 0 Å². The maximum absolute atomic E-state index is 5.90. The van der Waals surface area contributed by atoms with Gasteiger partial charge in [-0.25, -0.2) is 0 Å². The Morgan fingerprint density at radius 3 is 1.54 bits per heavy atom. The van der Waals surface area contributed by atoms with Crippen LogP contribution in [-0.2, 0) is 14.2 Å². The summed E-state index contributed by atoms with van der Waals surface area (Å²) in [6.45, 7) is 20.4. The highest BCUT2D eigenvalue weighted by molar-refractivity contribution is 4.96. The van der Waals surface area contributed by atoms with Crippen LogP contribution in [0.2, 0.25) is 0 Å². The minimum atomic E-state index is 0.350. The van der Waals surface area contributed by atoms with Crippen molar-refractivity contribution >= 4 is 0 Å². The summed E-state index contributed by atoms with van der Waals surface area (Å²) in [5.41, 5.74) is 0. The van der Waals surface area contributed by atoms with Crippen molar-refractivity contribution in [3.8, 4) is 0 Å². The third-order valence-electron chi connectivity index (χ3n) is 6.10. The van der Waals surface area contributed by atoms with Gasteiger partial charge >= 0.3 is 0 Å². The van der Waals surface area contributed by atoms with Gasteiger partial charge in [0.1, 0.15) is 0 Å². The molecule has 0 spiro atoms. The molecule has 0 bridgehead atoms. The Morgan fingerprint density at radius 2 is 1.11 bits per heavy atom. The predicted octanol–water partition coefficient (Wildman–Crippen LogP) is 1.89. The molecule has 0 aromatic carbocycles. The first kappa shape index (κ1) is 22.4. The molecular weight excluding hydrogens is 354 g/mol. The number of nitrogens with zero attached hydrogens (tertiary/aromatic N) is 3. The Hall–Kier alpha value is -0.240. The second-order valence-corrected chi connectivity index (χ2v) is 9.17. The second kappa shape index (κ2) is 11.2. The van der Waals surface area contributed by atoms with Crippen molar-refractivity contribution < 1.29 is 14.2 Å². The fourth-order valence-electron chi connectivity index (χ4n) is 4.93. The highest BCUT2D eigenvalue weighted by Crippen LogP contribution is 2.20. The van der Waals surface area contributed by atoms with Crippen LogP contribution in [0, 0.1) is 5.92 Å². The van der Waals surface area contributed by atoms with E-state index in [2.05, 4.69) is 42.4 Å². The molecule has 6 nitrogen and oxygen atoms in total. The molecule has 0 aliphatic carbocycles. The third-order valence-corrected chi connectivity index (χ3v) is 6.10. The van der Waals surface area contributed by atoms with Gasteiger partial charge in [0, 0.05) is 45.8 Å². The van der Waals surface area contributed by atoms with Crippen molar-refractivity contribution in [1.82, 2.24) is 14.7 Å². The maximum Gasteiger partial charge on any atom is 0.0678 e. The summed E-state index contributed by atoms with van der Waals surface area (Å²) in [7, 11) is 0. The van der Waals surface area contributed by atoms with E-state index in [-0.39, 0.29) is 0 Å². The van der Waals surface area contributed by atoms with Gasteiger partial charge in [-0.05, 0) is 59.5 Å². The number of ether oxygens (including phenoxy) is 3. The lowest BCUT2D eigenvalue weighted by atomic mass is 9.98. The predicted molar refractivity (Wildman–Crippen MR) is 113 cm³/mol. The summed E-state index contributed by atoms with van der Waals surface area (Å²) in [5, 5.41) is 0. The third kappa shape index (κ3) is 7.54. The first-order valence-corrected chi connectivity index (χ1v) is 11.4. The van der Waals surface area contributed by atoms with Crippen LogP contribution in [0.15, 0.2) is 0 Å². The molecule has 0 aromatic rings. The van der Waals surface area contributed by atoms with E-state index < -0.39 is 0 Å². The Kier molecular flexibility index (Phi) is 9.00. The zero-order valence-electron chi connectivity index (χ0n) is 18.6. The maximum atomic E-state index is 5.90. The molecule has 3 heterocycles. The van der Waals surface area contributed by atoms with E-state index in [4.69, 9.17) is 14.2 Å². The molecular formula is C22H42N3O3. The minimum Gasteiger partial charge on any atom is -0.379 e. The summed E-state index contributed by atoms with van der Waals surface area (Å²) in [6, 6.07) is 0. The van der Waals surface area contributed by atoms with E-state index in [1.165, 1.54) is 12.8 Å². The number of hydrogen-bond acceptors (Lipinski definition) is 6. The Labute approximate surface area is 172 Å². The van der Waals surface area contributed by atoms with Gasteiger partial charge in [0.15, 0.2) is 0 Å². The van der Waals surface area contributed by atoms with Crippen molar-refractivity contribution in [2.45, 2.75) is 65.0 Å². The van der Waals surface area contributed by atoms with Crippen LogP contribution in [0.4, 0.5) is 0 Å². The summed E-state index contributed by atoms with van der Waals surface area (Å²) < 4.78 is 17.3. The van der Waals surface area contributed by atoms with Gasteiger partial charge in [-0.3, -0.25) is 14.7 Å². The highest BCUT2D eigenvalue weighted by Gasteiger charge is 2.26. The number of morpholine rings is 3. The smallest absolute Gasteiger partial charge is 0.0678 e. The average Bonchev–Trinajstić information content (AvgIpc) is 2.63. The highest BCUT2D eigenvalue weighted by atomic mass is 16.5. The van der Waals surface area contributed by atoms with E-state index in [0.717, 1.165) is 72.1 Å². The number of hydrogen-bond donors (Lipinski definition) is 0. The summed E-state index contributed by atoms with van der Waals surface area (Å²) in [4.78, 5) is 7.77. The zero-order chi connectivity index (χ0) is 19.9. The Morgan fingerprint density at radius 1 is 0.679 bits per heavy atom. The fourth-order valence-corrected chi connectivity index (χ4v) is 4.93. The van der Waals surface area contributed by atoms with Crippen LogP contribution in [0.3, 0.4) is 0 Å². The molecule has 3 fully saturated rings. The molecule has 6 heteroatoms. The first-order chi connectivity index (χ1) is 13.5. The molecule has 4 unspecified atom stereocenters. The first-order valence-electron chi connectivity index (χ1n) is 11.4. The van der Waals surface area contributed by atoms with Crippen molar-refractivity contribution in [1.29, 1.82) is 0 Å². The molecule has 0 saturated carbocycles. The van der Waals surface area contributed by atoms with E-state index in [0.29, 0.717) is 24.4 Å². The molecule has 0 aromatic heterocycles. The molecule has 1 radical (unpaired) electrons. The fraction of sp³-hybridized carbons (Fsp3) is 0.955. The summed E-state index contributed by atoms with van der Waals surface area (Å²) >= 11 is 0. The average molecular weight is 397 g/mol. The van der Waals surface area contributed by atoms with Crippen LogP contribution in [0.5, 0.6) is 0 Å². The Bertz CT molecular complexity index is 397. The zero-order valence-corrected chi connectivity index (χ0v) is 18.6. The molecule has 4 atom stereocenters. The van der Waals surface area contributed by atoms with E-state index in [1.807, 2.05) is 0 Å². The van der Waals surface area contributed by atoms with Gasteiger partial charge in [0.2, 0.25) is 0 Å². The van der Waals surface area contributed by atoms with Gasteiger partial charge in [-0.1, -0.05) is 0 Å². The molecule has 163 valence electrons. The van der Waals surface area contributed by atoms with Gasteiger partial charge in [0.25, 0.3) is 0 Å². The monoisotopic (exact) mass is 396 g/mol. The Balaban J connectivity index is 1.49.